The molecule has 0 saturated heterocycles. The molecule has 0 N–H and O–H groups in total. The predicted octanol–water partition coefficient (Wildman–Crippen LogP) is 3.28. The van der Waals surface area contributed by atoms with Gasteiger partial charge in [0.2, 0.25) is 0 Å². The molecule has 0 spiro atoms. The van der Waals surface area contributed by atoms with E-state index < -0.39 is 0 Å². The van der Waals surface area contributed by atoms with E-state index in [1.54, 1.807) is 0 Å². The number of nitrogens with zero attached hydrogens (tertiary/aromatic N) is 1. The third-order valence-corrected chi connectivity index (χ3v) is 2.96. The van der Waals surface area contributed by atoms with Crippen molar-refractivity contribution in [1.82, 2.24) is 4.90 Å². The average molecular weight is 201 g/mol. The zero-order chi connectivity index (χ0) is 10.1. The summed E-state index contributed by atoms with van der Waals surface area (Å²) in [5, 5.41) is 0. The lowest BCUT2D eigenvalue weighted by Crippen LogP contribution is -2.23. The Hall–Kier alpha value is 0.0500. The van der Waals surface area contributed by atoms with Crippen molar-refractivity contribution in [3.63, 3.8) is 0 Å². The van der Waals surface area contributed by atoms with Crippen LogP contribution in [0.1, 0.15) is 46.5 Å². The Kier molecular flexibility index (Phi) is 8.67. The number of thiocarbonyl (C=S) groups is 1. The van der Waals surface area contributed by atoms with Crippen LogP contribution in [0.25, 0.3) is 0 Å². The molecule has 0 aliphatic heterocycles. The summed E-state index contributed by atoms with van der Waals surface area (Å²) in [6.07, 6.45) is 4.78. The van der Waals surface area contributed by atoms with Gasteiger partial charge in [0.15, 0.2) is 0 Å². The van der Waals surface area contributed by atoms with Gasteiger partial charge in [-0.3, -0.25) is 0 Å². The van der Waals surface area contributed by atoms with E-state index in [-0.39, 0.29) is 0 Å². The van der Waals surface area contributed by atoms with E-state index in [9.17, 15) is 0 Å². The SMILES string of the molecule is CCC(=S)CCCCN(CC)CC. The molecule has 0 aliphatic carbocycles. The first-order valence-electron chi connectivity index (χ1n) is 5.48. The van der Waals surface area contributed by atoms with Gasteiger partial charge in [0.25, 0.3) is 0 Å². The molecule has 1 nitrogen and oxygen atoms in total. The Labute approximate surface area is 88.5 Å². The molecule has 13 heavy (non-hydrogen) atoms. The summed E-state index contributed by atoms with van der Waals surface area (Å²) >= 11 is 5.18. The number of hydrogen-bond acceptors (Lipinski definition) is 2. The van der Waals surface area contributed by atoms with Gasteiger partial charge >= 0.3 is 0 Å². The van der Waals surface area contributed by atoms with Crippen molar-refractivity contribution in [1.29, 1.82) is 0 Å². The quantitative estimate of drug-likeness (QED) is 0.438. The summed E-state index contributed by atoms with van der Waals surface area (Å²) in [7, 11) is 0. The number of rotatable bonds is 8. The maximum absolute atomic E-state index is 5.18. The molecule has 0 bridgehead atoms. The van der Waals surface area contributed by atoms with E-state index in [0.717, 1.165) is 12.8 Å². The summed E-state index contributed by atoms with van der Waals surface area (Å²) in [6.45, 7) is 10.2. The lowest BCUT2D eigenvalue weighted by molar-refractivity contribution is 0.298. The summed E-state index contributed by atoms with van der Waals surface area (Å²) in [4.78, 5) is 3.70. The predicted molar refractivity (Wildman–Crippen MR) is 64.5 cm³/mol. The van der Waals surface area contributed by atoms with Crippen molar-refractivity contribution in [2.75, 3.05) is 19.6 Å². The first-order valence-corrected chi connectivity index (χ1v) is 5.89. The molecule has 0 radical (unpaired) electrons. The topological polar surface area (TPSA) is 3.24 Å². The highest BCUT2D eigenvalue weighted by Gasteiger charge is 1.98. The minimum Gasteiger partial charge on any atom is -0.304 e. The average Bonchev–Trinajstić information content (AvgIpc) is 2.18. The molecule has 0 atom stereocenters. The molecule has 0 heterocycles. The molecular weight excluding hydrogens is 178 g/mol. The highest BCUT2D eigenvalue weighted by molar-refractivity contribution is 7.80. The Bertz CT molecular complexity index is 130. The molecule has 0 rings (SSSR count). The van der Waals surface area contributed by atoms with Crippen molar-refractivity contribution in [2.45, 2.75) is 46.5 Å². The second-order valence-electron chi connectivity index (χ2n) is 3.38. The van der Waals surface area contributed by atoms with E-state index in [0.29, 0.717) is 0 Å². The zero-order valence-corrected chi connectivity index (χ0v) is 10.1. The van der Waals surface area contributed by atoms with Gasteiger partial charge in [0, 0.05) is 0 Å². The van der Waals surface area contributed by atoms with Gasteiger partial charge in [-0.15, -0.1) is 0 Å². The first-order chi connectivity index (χ1) is 6.24. The monoisotopic (exact) mass is 201 g/mol. The summed E-state index contributed by atoms with van der Waals surface area (Å²) < 4.78 is 0. The smallest absolute Gasteiger partial charge is 0.00189 e. The molecule has 0 aliphatic rings. The summed E-state index contributed by atoms with van der Waals surface area (Å²) in [5.41, 5.74) is 0. The fourth-order valence-corrected chi connectivity index (χ4v) is 1.52. The Morgan fingerprint density at radius 1 is 1.08 bits per heavy atom. The van der Waals surface area contributed by atoms with Crippen LogP contribution in [-0.4, -0.2) is 29.4 Å². The van der Waals surface area contributed by atoms with E-state index in [2.05, 4.69) is 25.7 Å². The normalized spacial score (nSPS) is 10.8. The Morgan fingerprint density at radius 3 is 2.15 bits per heavy atom. The van der Waals surface area contributed by atoms with Gasteiger partial charge < -0.3 is 4.90 Å². The standard InChI is InChI=1S/C11H23NS/c1-4-11(13)9-7-8-10-12(5-2)6-3/h4-10H2,1-3H3. The summed E-state index contributed by atoms with van der Waals surface area (Å²) in [5.74, 6) is 0. The first kappa shape index (κ1) is 13.1. The molecule has 0 amide bonds. The fourth-order valence-electron chi connectivity index (χ4n) is 1.37. The van der Waals surface area contributed by atoms with Crippen LogP contribution < -0.4 is 0 Å². The maximum Gasteiger partial charge on any atom is -0.00189 e. The number of unbranched alkanes of at least 4 members (excludes halogenated alkanes) is 1. The third-order valence-electron chi connectivity index (χ3n) is 2.47. The van der Waals surface area contributed by atoms with E-state index in [4.69, 9.17) is 12.2 Å². The van der Waals surface area contributed by atoms with Gasteiger partial charge in [-0.05, 0) is 50.2 Å². The van der Waals surface area contributed by atoms with Crippen molar-refractivity contribution < 1.29 is 0 Å². The molecule has 2 heteroatoms. The number of hydrogen-bond donors (Lipinski definition) is 0. The largest absolute Gasteiger partial charge is 0.304 e. The Balaban J connectivity index is 3.28. The molecule has 0 aromatic rings. The highest BCUT2D eigenvalue weighted by Crippen LogP contribution is 2.02. The van der Waals surface area contributed by atoms with Crippen LogP contribution in [0.3, 0.4) is 0 Å². The van der Waals surface area contributed by atoms with Crippen LogP contribution in [0.4, 0.5) is 0 Å². The highest BCUT2D eigenvalue weighted by atomic mass is 32.1. The summed E-state index contributed by atoms with van der Waals surface area (Å²) in [6, 6.07) is 0. The van der Waals surface area contributed by atoms with Crippen molar-refractivity contribution in [3.05, 3.63) is 0 Å². The molecule has 0 saturated carbocycles. The van der Waals surface area contributed by atoms with Crippen LogP contribution in [0.2, 0.25) is 0 Å². The third kappa shape index (κ3) is 7.15. The molecule has 0 unspecified atom stereocenters. The Morgan fingerprint density at radius 2 is 1.69 bits per heavy atom. The molecular formula is C11H23NS. The van der Waals surface area contributed by atoms with Gasteiger partial charge in [0.05, 0.1) is 0 Å². The van der Waals surface area contributed by atoms with Crippen LogP contribution in [0, 0.1) is 0 Å². The van der Waals surface area contributed by atoms with Crippen molar-refractivity contribution >= 4 is 17.1 Å². The maximum atomic E-state index is 5.18. The minimum absolute atomic E-state index is 1.07. The van der Waals surface area contributed by atoms with Gasteiger partial charge in [-0.2, -0.15) is 0 Å². The van der Waals surface area contributed by atoms with Crippen LogP contribution in [0.15, 0.2) is 0 Å². The fraction of sp³-hybridized carbons (Fsp3) is 0.909. The van der Waals surface area contributed by atoms with Gasteiger partial charge in [-0.25, -0.2) is 0 Å². The zero-order valence-electron chi connectivity index (χ0n) is 9.31. The molecule has 0 aromatic carbocycles. The van der Waals surface area contributed by atoms with Crippen LogP contribution in [-0.2, 0) is 0 Å². The molecule has 0 fully saturated rings. The van der Waals surface area contributed by atoms with Crippen LogP contribution >= 0.6 is 12.2 Å². The van der Waals surface area contributed by atoms with Gasteiger partial charge in [0.1, 0.15) is 0 Å². The van der Waals surface area contributed by atoms with Crippen molar-refractivity contribution in [2.24, 2.45) is 0 Å². The van der Waals surface area contributed by atoms with E-state index in [1.807, 2.05) is 0 Å². The van der Waals surface area contributed by atoms with Crippen LogP contribution in [0.5, 0.6) is 0 Å². The van der Waals surface area contributed by atoms with E-state index in [1.165, 1.54) is 37.3 Å². The molecule has 0 aromatic heterocycles. The van der Waals surface area contributed by atoms with Crippen molar-refractivity contribution in [3.8, 4) is 0 Å². The molecule has 78 valence electrons. The lowest BCUT2D eigenvalue weighted by Gasteiger charge is -2.17. The van der Waals surface area contributed by atoms with E-state index >= 15 is 0 Å². The lowest BCUT2D eigenvalue weighted by atomic mass is 10.1. The van der Waals surface area contributed by atoms with Gasteiger partial charge in [-0.1, -0.05) is 33.0 Å². The second-order valence-corrected chi connectivity index (χ2v) is 3.95. The second kappa shape index (κ2) is 8.64. The minimum atomic E-state index is 1.07.